The largest absolute Gasteiger partial charge is 0.497 e. The lowest BCUT2D eigenvalue weighted by Crippen LogP contribution is -2.43. The third kappa shape index (κ3) is 3.56. The van der Waals surface area contributed by atoms with Crippen molar-refractivity contribution in [2.45, 2.75) is 30.8 Å². The van der Waals surface area contributed by atoms with Gasteiger partial charge in [-0.05, 0) is 42.2 Å². The van der Waals surface area contributed by atoms with Crippen LogP contribution in [0.2, 0.25) is 0 Å². The Morgan fingerprint density at radius 2 is 1.74 bits per heavy atom. The molecule has 31 heavy (non-hydrogen) atoms. The van der Waals surface area contributed by atoms with Crippen LogP contribution in [0.4, 0.5) is 0 Å². The normalized spacial score (nSPS) is 26.4. The fourth-order valence-corrected chi connectivity index (χ4v) is 4.91. The van der Waals surface area contributed by atoms with Crippen LogP contribution in [-0.4, -0.2) is 38.4 Å². The van der Waals surface area contributed by atoms with Gasteiger partial charge in [0.2, 0.25) is 11.4 Å². The third-order valence-electron chi connectivity index (χ3n) is 6.24. The van der Waals surface area contributed by atoms with Gasteiger partial charge in [0, 0.05) is 18.3 Å². The minimum atomic E-state index is -1.28. The van der Waals surface area contributed by atoms with Crippen LogP contribution >= 0.6 is 0 Å². The average molecular weight is 422 g/mol. The first kappa shape index (κ1) is 21.0. The number of fused-ring (bicyclic) bond motifs is 1. The zero-order valence-corrected chi connectivity index (χ0v) is 17.9. The standard InChI is InChI=1S/C25H26O6/c1-4-30-23(26)21-14-20-22(17-8-6-5-7-9-17)19(15-25(20,31-21)24(27)29-3)16-10-12-18(28-2)13-11-16/h5-14,19-20,22H,4,15H2,1-3H3/t19-,20?,22-,25-/m0/s1. The number of hydrogen-bond donors (Lipinski definition) is 0. The molecule has 6 nitrogen and oxygen atoms in total. The van der Waals surface area contributed by atoms with Crippen LogP contribution in [0.3, 0.4) is 0 Å². The second-order valence-electron chi connectivity index (χ2n) is 7.78. The Kier molecular flexibility index (Phi) is 5.72. The fourth-order valence-electron chi connectivity index (χ4n) is 4.91. The Morgan fingerprint density at radius 1 is 1.03 bits per heavy atom. The van der Waals surface area contributed by atoms with E-state index in [2.05, 4.69) is 0 Å². The van der Waals surface area contributed by atoms with Crippen LogP contribution in [-0.2, 0) is 23.8 Å². The van der Waals surface area contributed by atoms with Crippen molar-refractivity contribution >= 4 is 11.9 Å². The molecule has 6 heteroatoms. The van der Waals surface area contributed by atoms with Crippen LogP contribution in [0.1, 0.15) is 36.3 Å². The van der Waals surface area contributed by atoms with E-state index in [1.165, 1.54) is 7.11 Å². The van der Waals surface area contributed by atoms with E-state index in [-0.39, 0.29) is 30.1 Å². The van der Waals surface area contributed by atoms with E-state index in [1.54, 1.807) is 20.1 Å². The first-order chi connectivity index (χ1) is 15.0. The van der Waals surface area contributed by atoms with Gasteiger partial charge in [-0.2, -0.15) is 0 Å². The molecule has 0 aromatic heterocycles. The lowest BCUT2D eigenvalue weighted by atomic mass is 9.78. The highest BCUT2D eigenvalue weighted by atomic mass is 16.6. The van der Waals surface area contributed by atoms with E-state index >= 15 is 0 Å². The van der Waals surface area contributed by atoms with Gasteiger partial charge in [-0.25, -0.2) is 9.59 Å². The van der Waals surface area contributed by atoms with Crippen molar-refractivity contribution in [1.29, 1.82) is 0 Å². The molecular weight excluding hydrogens is 396 g/mol. The number of carbonyl (C=O) groups excluding carboxylic acids is 2. The summed E-state index contributed by atoms with van der Waals surface area (Å²) < 4.78 is 21.7. The Balaban J connectivity index is 1.82. The van der Waals surface area contributed by atoms with Gasteiger partial charge in [-0.1, -0.05) is 42.5 Å². The van der Waals surface area contributed by atoms with Gasteiger partial charge in [0.25, 0.3) is 0 Å². The van der Waals surface area contributed by atoms with Gasteiger partial charge in [0.1, 0.15) is 5.75 Å². The van der Waals surface area contributed by atoms with E-state index in [0.29, 0.717) is 6.42 Å². The van der Waals surface area contributed by atoms with Crippen LogP contribution in [0.15, 0.2) is 66.4 Å². The molecule has 1 saturated carbocycles. The molecule has 162 valence electrons. The summed E-state index contributed by atoms with van der Waals surface area (Å²) in [7, 11) is 2.97. The van der Waals surface area contributed by atoms with Gasteiger partial charge >= 0.3 is 11.9 Å². The van der Waals surface area contributed by atoms with Crippen molar-refractivity contribution in [3.8, 4) is 5.75 Å². The van der Waals surface area contributed by atoms with E-state index in [1.807, 2.05) is 54.6 Å². The lowest BCUT2D eigenvalue weighted by molar-refractivity contribution is -0.167. The molecule has 0 N–H and O–H groups in total. The number of carbonyl (C=O) groups is 2. The Bertz CT molecular complexity index is 981. The molecule has 1 aliphatic carbocycles. The molecule has 1 aliphatic heterocycles. The average Bonchev–Trinajstić information content (AvgIpc) is 3.34. The molecule has 2 aliphatic rings. The SMILES string of the molecule is CCOC(=O)C1=CC2[C@@H](c3ccccc3)[C@H](c3ccc(OC)cc3)C[C@]2(C(=O)OC)O1. The molecule has 1 fully saturated rings. The number of ether oxygens (including phenoxy) is 4. The monoisotopic (exact) mass is 422 g/mol. The fraction of sp³-hybridized carbons (Fsp3) is 0.360. The summed E-state index contributed by atoms with van der Waals surface area (Å²) in [6.45, 7) is 1.96. The van der Waals surface area contributed by atoms with E-state index < -0.39 is 17.5 Å². The van der Waals surface area contributed by atoms with E-state index in [0.717, 1.165) is 16.9 Å². The first-order valence-corrected chi connectivity index (χ1v) is 10.4. The topological polar surface area (TPSA) is 71.1 Å². The quantitative estimate of drug-likeness (QED) is 0.656. The second-order valence-corrected chi connectivity index (χ2v) is 7.78. The minimum absolute atomic E-state index is 0.0163. The number of esters is 2. The predicted octanol–water partition coefficient (Wildman–Crippen LogP) is 3.97. The molecule has 0 radical (unpaired) electrons. The van der Waals surface area contributed by atoms with Crippen LogP contribution in [0, 0.1) is 5.92 Å². The summed E-state index contributed by atoms with van der Waals surface area (Å²) in [6.07, 6.45) is 2.13. The van der Waals surface area contributed by atoms with Crippen molar-refractivity contribution in [2.24, 2.45) is 5.92 Å². The van der Waals surface area contributed by atoms with Gasteiger partial charge in [0.15, 0.2) is 0 Å². The van der Waals surface area contributed by atoms with Gasteiger partial charge in [-0.15, -0.1) is 0 Å². The summed E-state index contributed by atoms with van der Waals surface area (Å²) >= 11 is 0. The van der Waals surface area contributed by atoms with E-state index in [9.17, 15) is 9.59 Å². The van der Waals surface area contributed by atoms with Crippen molar-refractivity contribution < 1.29 is 28.5 Å². The molecule has 4 rings (SSSR count). The molecular formula is C25H26O6. The Morgan fingerprint density at radius 3 is 2.35 bits per heavy atom. The molecule has 0 amide bonds. The van der Waals surface area contributed by atoms with Crippen molar-refractivity contribution in [3.05, 3.63) is 77.6 Å². The highest BCUT2D eigenvalue weighted by Gasteiger charge is 2.64. The molecule has 1 heterocycles. The molecule has 1 unspecified atom stereocenters. The number of methoxy groups -OCH3 is 2. The summed E-state index contributed by atoms with van der Waals surface area (Å²) in [4.78, 5) is 25.5. The maximum Gasteiger partial charge on any atom is 0.373 e. The minimum Gasteiger partial charge on any atom is -0.497 e. The molecule has 0 bridgehead atoms. The highest BCUT2D eigenvalue weighted by Crippen LogP contribution is 2.60. The van der Waals surface area contributed by atoms with E-state index in [4.69, 9.17) is 18.9 Å². The van der Waals surface area contributed by atoms with Crippen molar-refractivity contribution in [2.75, 3.05) is 20.8 Å². The van der Waals surface area contributed by atoms with Crippen LogP contribution in [0.25, 0.3) is 0 Å². The number of rotatable bonds is 6. The third-order valence-corrected chi connectivity index (χ3v) is 6.24. The van der Waals surface area contributed by atoms with Gasteiger partial charge < -0.3 is 18.9 Å². The maximum absolute atomic E-state index is 13.0. The Labute approximate surface area is 181 Å². The highest BCUT2D eigenvalue weighted by molar-refractivity contribution is 5.91. The van der Waals surface area contributed by atoms with Gasteiger partial charge in [0.05, 0.1) is 20.8 Å². The summed E-state index contributed by atoms with van der Waals surface area (Å²) in [5.41, 5.74) is 0.869. The smallest absolute Gasteiger partial charge is 0.373 e. The van der Waals surface area contributed by atoms with Crippen LogP contribution < -0.4 is 4.74 Å². The number of hydrogen-bond acceptors (Lipinski definition) is 6. The summed E-state index contributed by atoms with van der Waals surface area (Å²) in [6, 6.07) is 17.9. The predicted molar refractivity (Wildman–Crippen MR) is 114 cm³/mol. The molecule has 0 spiro atoms. The van der Waals surface area contributed by atoms with Crippen LogP contribution in [0.5, 0.6) is 5.75 Å². The Hall–Kier alpha value is -3.28. The summed E-state index contributed by atoms with van der Waals surface area (Å²) in [5.74, 6) is -0.669. The summed E-state index contributed by atoms with van der Waals surface area (Å²) in [5, 5.41) is 0. The zero-order chi connectivity index (χ0) is 22.0. The van der Waals surface area contributed by atoms with Crippen molar-refractivity contribution in [1.82, 2.24) is 0 Å². The van der Waals surface area contributed by atoms with Gasteiger partial charge in [-0.3, -0.25) is 0 Å². The number of benzene rings is 2. The molecule has 2 aromatic rings. The first-order valence-electron chi connectivity index (χ1n) is 10.4. The molecule has 2 aromatic carbocycles. The zero-order valence-electron chi connectivity index (χ0n) is 17.9. The molecule has 4 atom stereocenters. The second kappa shape index (κ2) is 8.46. The lowest BCUT2D eigenvalue weighted by Gasteiger charge is -2.27. The molecule has 0 saturated heterocycles. The van der Waals surface area contributed by atoms with Crippen molar-refractivity contribution in [3.63, 3.8) is 0 Å². The maximum atomic E-state index is 13.0.